The molecule has 0 saturated heterocycles. The zero-order chi connectivity index (χ0) is 28.6. The second-order valence-corrected chi connectivity index (χ2v) is 15.7. The largest absolute Gasteiger partial charge is 0.497 e. The van der Waals surface area contributed by atoms with Gasteiger partial charge in [0.05, 0.1) is 19.8 Å². The van der Waals surface area contributed by atoms with E-state index >= 15 is 0 Å². The van der Waals surface area contributed by atoms with Gasteiger partial charge in [-0.15, -0.1) is 0 Å². The molecular formula is C33H44O5Si. The Morgan fingerprint density at radius 3 is 1.82 bits per heavy atom. The third-order valence-electron chi connectivity index (χ3n) is 7.58. The Hall–Kier alpha value is -2.77. The Morgan fingerprint density at radius 2 is 1.36 bits per heavy atom. The zero-order valence-corrected chi connectivity index (χ0v) is 25.4. The standard InChI is InChI=1S/C33H44O5Si/c1-24(31(34)25(2)32(35)26(3)37-23-27-18-20-28(36-7)21-19-27)22-38-39(33(4,5)6,29-14-10-8-11-15-29)30-16-12-9-13-17-30/h8-21,24-26,31,34H,22-23H2,1-7H3/t24-,25+,26+,31-/m1/s1. The van der Waals surface area contributed by atoms with Crippen molar-refractivity contribution in [3.63, 3.8) is 0 Å². The van der Waals surface area contributed by atoms with E-state index in [9.17, 15) is 9.90 Å². The van der Waals surface area contributed by atoms with Crippen molar-refractivity contribution < 1.29 is 23.8 Å². The molecule has 0 saturated carbocycles. The molecule has 3 aromatic rings. The first kappa shape index (κ1) is 30.8. The summed E-state index contributed by atoms with van der Waals surface area (Å²) in [6.45, 7) is 12.8. The number of carbonyl (C=O) groups is 1. The highest BCUT2D eigenvalue weighted by Gasteiger charge is 2.50. The fourth-order valence-electron chi connectivity index (χ4n) is 5.17. The van der Waals surface area contributed by atoms with Crippen LogP contribution in [0.2, 0.25) is 5.04 Å². The summed E-state index contributed by atoms with van der Waals surface area (Å²) in [6, 6.07) is 28.4. The van der Waals surface area contributed by atoms with Crippen molar-refractivity contribution in [3.05, 3.63) is 90.5 Å². The minimum Gasteiger partial charge on any atom is -0.497 e. The summed E-state index contributed by atoms with van der Waals surface area (Å²) in [7, 11) is -1.10. The second-order valence-electron chi connectivity index (χ2n) is 11.4. The van der Waals surface area contributed by atoms with Crippen LogP contribution in [0.25, 0.3) is 0 Å². The minimum atomic E-state index is -2.73. The molecule has 0 unspecified atom stereocenters. The van der Waals surface area contributed by atoms with Gasteiger partial charge < -0.3 is 19.0 Å². The van der Waals surface area contributed by atoms with Gasteiger partial charge in [-0.1, -0.05) is 107 Å². The second kappa shape index (κ2) is 13.5. The quantitative estimate of drug-likeness (QED) is 0.291. The highest BCUT2D eigenvalue weighted by Crippen LogP contribution is 2.37. The number of benzene rings is 3. The minimum absolute atomic E-state index is 0.117. The molecule has 0 radical (unpaired) electrons. The van der Waals surface area contributed by atoms with Crippen molar-refractivity contribution in [2.45, 2.75) is 65.4 Å². The monoisotopic (exact) mass is 548 g/mol. The lowest BCUT2D eigenvalue weighted by atomic mass is 9.89. The first-order valence-corrected chi connectivity index (χ1v) is 15.6. The third-order valence-corrected chi connectivity index (χ3v) is 12.6. The Labute approximate surface area is 235 Å². The molecule has 0 aliphatic carbocycles. The van der Waals surface area contributed by atoms with Crippen LogP contribution >= 0.6 is 0 Å². The summed E-state index contributed by atoms with van der Waals surface area (Å²) in [5.74, 6) is -0.185. The molecule has 3 aromatic carbocycles. The normalized spacial score (nSPS) is 15.3. The van der Waals surface area contributed by atoms with Crippen LogP contribution in [0.3, 0.4) is 0 Å². The van der Waals surface area contributed by atoms with Crippen molar-refractivity contribution in [3.8, 4) is 5.75 Å². The van der Waals surface area contributed by atoms with Crippen LogP contribution in [0.4, 0.5) is 0 Å². The number of aliphatic hydroxyl groups excluding tert-OH is 1. The number of methoxy groups -OCH3 is 1. The average molecular weight is 549 g/mol. The van der Waals surface area contributed by atoms with Crippen LogP contribution in [0, 0.1) is 11.8 Å². The number of hydrogen-bond acceptors (Lipinski definition) is 5. The van der Waals surface area contributed by atoms with Gasteiger partial charge in [0, 0.05) is 18.4 Å². The smallest absolute Gasteiger partial charge is 0.261 e. The molecule has 1 N–H and O–H groups in total. The summed E-state index contributed by atoms with van der Waals surface area (Å²) in [5.41, 5.74) is 0.954. The molecule has 4 atom stereocenters. The maximum Gasteiger partial charge on any atom is 0.261 e. The van der Waals surface area contributed by atoms with Crippen LogP contribution in [-0.4, -0.2) is 45.1 Å². The predicted octanol–water partition coefficient (Wildman–Crippen LogP) is 5.38. The van der Waals surface area contributed by atoms with Crippen LogP contribution in [0.15, 0.2) is 84.9 Å². The van der Waals surface area contributed by atoms with E-state index in [1.165, 1.54) is 10.4 Å². The van der Waals surface area contributed by atoms with E-state index in [2.05, 4.69) is 69.3 Å². The Balaban J connectivity index is 1.71. The lowest BCUT2D eigenvalue weighted by Crippen LogP contribution is -2.67. The number of carbonyl (C=O) groups excluding carboxylic acids is 1. The number of hydrogen-bond donors (Lipinski definition) is 1. The van der Waals surface area contributed by atoms with E-state index in [-0.39, 0.29) is 16.7 Å². The van der Waals surface area contributed by atoms with E-state index in [0.29, 0.717) is 13.2 Å². The molecule has 0 fully saturated rings. The van der Waals surface area contributed by atoms with Gasteiger partial charge in [0.15, 0.2) is 5.78 Å². The molecule has 3 rings (SSSR count). The van der Waals surface area contributed by atoms with E-state index in [1.54, 1.807) is 21.0 Å². The molecule has 5 nitrogen and oxygen atoms in total. The number of rotatable bonds is 13. The van der Waals surface area contributed by atoms with E-state index in [1.807, 2.05) is 43.3 Å². The Morgan fingerprint density at radius 1 is 0.846 bits per heavy atom. The molecule has 0 aliphatic heterocycles. The number of ether oxygens (including phenoxy) is 2. The Bertz CT molecular complexity index is 1120. The van der Waals surface area contributed by atoms with Crippen molar-refractivity contribution in [1.29, 1.82) is 0 Å². The van der Waals surface area contributed by atoms with Gasteiger partial charge in [0.2, 0.25) is 0 Å². The molecule has 0 bridgehead atoms. The van der Waals surface area contributed by atoms with Crippen molar-refractivity contribution in [2.24, 2.45) is 11.8 Å². The molecule has 0 aliphatic rings. The molecule has 0 amide bonds. The first-order valence-electron chi connectivity index (χ1n) is 13.7. The van der Waals surface area contributed by atoms with Crippen LogP contribution in [0.1, 0.15) is 47.1 Å². The zero-order valence-electron chi connectivity index (χ0n) is 24.4. The predicted molar refractivity (Wildman–Crippen MR) is 160 cm³/mol. The van der Waals surface area contributed by atoms with Gasteiger partial charge in [-0.3, -0.25) is 4.79 Å². The molecule has 210 valence electrons. The number of ketones is 1. The lowest BCUT2D eigenvalue weighted by Gasteiger charge is -2.44. The van der Waals surface area contributed by atoms with E-state index < -0.39 is 26.4 Å². The molecular weight excluding hydrogens is 504 g/mol. The van der Waals surface area contributed by atoms with Gasteiger partial charge >= 0.3 is 0 Å². The number of aliphatic hydroxyl groups is 1. The van der Waals surface area contributed by atoms with Crippen molar-refractivity contribution >= 4 is 24.5 Å². The summed E-state index contributed by atoms with van der Waals surface area (Å²) in [4.78, 5) is 13.2. The first-order chi connectivity index (χ1) is 18.5. The molecule has 0 spiro atoms. The average Bonchev–Trinajstić information content (AvgIpc) is 2.95. The fourth-order valence-corrected chi connectivity index (χ4v) is 9.84. The van der Waals surface area contributed by atoms with Gasteiger partial charge in [-0.2, -0.15) is 0 Å². The van der Waals surface area contributed by atoms with Crippen molar-refractivity contribution in [1.82, 2.24) is 0 Å². The fraction of sp³-hybridized carbons (Fsp3) is 0.424. The van der Waals surface area contributed by atoms with E-state index in [0.717, 1.165) is 11.3 Å². The number of Topliss-reactive ketones (excluding diaryl/α,β-unsaturated/α-hetero) is 1. The lowest BCUT2D eigenvalue weighted by molar-refractivity contribution is -0.138. The highest BCUT2D eigenvalue weighted by molar-refractivity contribution is 6.99. The maximum absolute atomic E-state index is 13.2. The molecule has 0 aromatic heterocycles. The summed E-state index contributed by atoms with van der Waals surface area (Å²) in [5, 5.41) is 13.5. The van der Waals surface area contributed by atoms with Crippen LogP contribution in [0.5, 0.6) is 5.75 Å². The van der Waals surface area contributed by atoms with Gasteiger partial charge in [0.25, 0.3) is 8.32 Å². The topological polar surface area (TPSA) is 65.0 Å². The summed E-state index contributed by atoms with van der Waals surface area (Å²) < 4.78 is 18.0. The molecule has 6 heteroatoms. The summed E-state index contributed by atoms with van der Waals surface area (Å²) in [6.07, 6.45) is -1.50. The van der Waals surface area contributed by atoms with E-state index in [4.69, 9.17) is 13.9 Å². The van der Waals surface area contributed by atoms with Gasteiger partial charge in [-0.25, -0.2) is 0 Å². The van der Waals surface area contributed by atoms with Crippen LogP contribution in [-0.2, 0) is 20.6 Å². The SMILES string of the molecule is COc1ccc(CO[C@@H](C)C(=O)[C@@H](C)[C@H](O)[C@H](C)CO[Si](c2ccccc2)(c2ccccc2)C(C)(C)C)cc1. The third kappa shape index (κ3) is 7.25. The van der Waals surface area contributed by atoms with Crippen molar-refractivity contribution in [2.75, 3.05) is 13.7 Å². The maximum atomic E-state index is 13.2. The van der Waals surface area contributed by atoms with Gasteiger partial charge in [0.1, 0.15) is 11.9 Å². The molecule has 39 heavy (non-hydrogen) atoms. The molecule has 0 heterocycles. The Kier molecular flexibility index (Phi) is 10.7. The summed E-state index contributed by atoms with van der Waals surface area (Å²) >= 11 is 0. The highest BCUT2D eigenvalue weighted by atomic mass is 28.4. The van der Waals surface area contributed by atoms with Gasteiger partial charge in [-0.05, 0) is 40.0 Å². The van der Waals surface area contributed by atoms with Crippen LogP contribution < -0.4 is 15.1 Å².